The molecule has 3 atom stereocenters. The fourth-order valence-corrected chi connectivity index (χ4v) is 6.43. The van der Waals surface area contributed by atoms with E-state index in [1.165, 1.54) is 116 Å². The third-order valence-corrected chi connectivity index (χ3v) is 9.84. The number of phosphoric acid groups is 1. The maximum absolute atomic E-state index is 12.8. The Hall–Kier alpha value is -0.500. The van der Waals surface area contributed by atoms with Gasteiger partial charge in [-0.05, 0) is 12.8 Å². The van der Waals surface area contributed by atoms with Gasteiger partial charge in [-0.3, -0.25) is 13.8 Å². The van der Waals surface area contributed by atoms with Gasteiger partial charge in [0.2, 0.25) is 5.91 Å². The third kappa shape index (κ3) is 32.1. The molecular weight excluding hydrogens is 599 g/mol. The Balaban J connectivity index is 4.41. The summed E-state index contributed by atoms with van der Waals surface area (Å²) in [5.74, 6) is -0.145. The molecule has 0 aliphatic rings. The van der Waals surface area contributed by atoms with Crippen molar-refractivity contribution in [2.45, 2.75) is 193 Å². The Morgan fingerprint density at radius 1 is 0.652 bits per heavy atom. The van der Waals surface area contributed by atoms with Gasteiger partial charge >= 0.3 is 7.82 Å². The van der Waals surface area contributed by atoms with Crippen molar-refractivity contribution in [1.82, 2.24) is 5.32 Å². The van der Waals surface area contributed by atoms with Crippen molar-refractivity contribution in [1.29, 1.82) is 0 Å². The Morgan fingerprint density at radius 2 is 1.04 bits per heavy atom. The molecule has 1 unspecified atom stereocenters. The minimum Gasteiger partial charge on any atom is -0.391 e. The highest BCUT2D eigenvalue weighted by atomic mass is 31.2. The van der Waals surface area contributed by atoms with E-state index in [4.69, 9.17) is 9.05 Å². The summed E-state index contributed by atoms with van der Waals surface area (Å²) in [5.41, 5.74) is 0. The maximum Gasteiger partial charge on any atom is 0.472 e. The number of likely N-dealkylation sites (N-methyl/N-ethyl adjacent to an activating group) is 1. The van der Waals surface area contributed by atoms with E-state index in [1.807, 2.05) is 21.1 Å². The molecule has 0 aliphatic carbocycles. The smallest absolute Gasteiger partial charge is 0.391 e. The van der Waals surface area contributed by atoms with Gasteiger partial charge in [0.1, 0.15) is 13.2 Å². The Labute approximate surface area is 285 Å². The van der Waals surface area contributed by atoms with Crippen molar-refractivity contribution < 1.29 is 32.9 Å². The first-order chi connectivity index (χ1) is 22.0. The maximum atomic E-state index is 12.8. The quantitative estimate of drug-likeness (QED) is 0.0350. The Bertz CT molecular complexity index is 733. The van der Waals surface area contributed by atoms with E-state index in [-0.39, 0.29) is 19.1 Å². The largest absolute Gasteiger partial charge is 0.472 e. The molecule has 0 aromatic carbocycles. The lowest BCUT2D eigenvalue weighted by Crippen LogP contribution is -2.46. The fraction of sp³-hybridized carbons (Fsp3) is 0.973. The number of unbranched alkanes of at least 4 members (excludes halogenated alkanes) is 22. The van der Waals surface area contributed by atoms with Crippen molar-refractivity contribution in [2.75, 3.05) is 40.9 Å². The van der Waals surface area contributed by atoms with Crippen LogP contribution in [0.3, 0.4) is 0 Å². The molecular formula is C37H78N2O6P+. The minimum absolute atomic E-state index is 0.0780. The first kappa shape index (κ1) is 45.5. The first-order valence-electron chi connectivity index (χ1n) is 19.4. The first-order valence-corrected chi connectivity index (χ1v) is 20.9. The molecule has 0 saturated carbocycles. The molecule has 0 aromatic heterocycles. The SMILES string of the molecule is CCCCCCCCCCCCCCCCC(=O)N[C@@H](COP(=O)(O)OCC[N+](C)(C)C)[C@H](O)CCCCCCCCCCCC. The normalized spacial score (nSPS) is 14.7. The van der Waals surface area contributed by atoms with E-state index in [9.17, 15) is 19.4 Å². The third-order valence-electron chi connectivity index (χ3n) is 8.86. The molecule has 0 aromatic rings. The zero-order valence-electron chi connectivity index (χ0n) is 31.1. The lowest BCUT2D eigenvalue weighted by Gasteiger charge is -2.26. The standard InChI is InChI=1S/C37H77N2O6P/c1-6-8-10-12-14-16-18-19-20-21-23-25-27-29-31-37(41)38-35(34-45-46(42,43)44-33-32-39(3,4)5)36(40)30-28-26-24-22-17-15-13-11-9-7-2/h35-36,40H,6-34H2,1-5H3,(H-,38,41,42,43)/p+1/t35-,36+/m0/s1. The lowest BCUT2D eigenvalue weighted by atomic mass is 10.0. The van der Waals surface area contributed by atoms with Crippen LogP contribution in [0.5, 0.6) is 0 Å². The zero-order chi connectivity index (χ0) is 34.4. The molecule has 0 aliphatic heterocycles. The summed E-state index contributed by atoms with van der Waals surface area (Å²) < 4.78 is 23.5. The van der Waals surface area contributed by atoms with Crippen molar-refractivity contribution >= 4 is 13.7 Å². The number of phosphoric ester groups is 1. The molecule has 9 heteroatoms. The van der Waals surface area contributed by atoms with Crippen LogP contribution in [0.15, 0.2) is 0 Å². The van der Waals surface area contributed by atoms with E-state index in [0.717, 1.165) is 38.5 Å². The molecule has 276 valence electrons. The average molecular weight is 678 g/mol. The van der Waals surface area contributed by atoms with Crippen LogP contribution in [0, 0.1) is 0 Å². The summed E-state index contributed by atoms with van der Waals surface area (Å²) in [5, 5.41) is 13.8. The predicted molar refractivity (Wildman–Crippen MR) is 194 cm³/mol. The van der Waals surface area contributed by atoms with Gasteiger partial charge in [-0.1, -0.05) is 162 Å². The average Bonchev–Trinajstić information content (AvgIpc) is 2.99. The van der Waals surface area contributed by atoms with E-state index in [0.29, 0.717) is 23.9 Å². The van der Waals surface area contributed by atoms with Crippen LogP contribution in [-0.2, 0) is 18.4 Å². The summed E-state index contributed by atoms with van der Waals surface area (Å²) in [6.45, 7) is 4.87. The number of quaternary nitrogens is 1. The van der Waals surface area contributed by atoms with Crippen molar-refractivity contribution in [3.63, 3.8) is 0 Å². The van der Waals surface area contributed by atoms with Crippen molar-refractivity contribution in [3.05, 3.63) is 0 Å². The number of amides is 1. The molecule has 46 heavy (non-hydrogen) atoms. The monoisotopic (exact) mass is 678 g/mol. The minimum atomic E-state index is -4.30. The predicted octanol–water partition coefficient (Wildman–Crippen LogP) is 9.85. The molecule has 1 amide bonds. The highest BCUT2D eigenvalue weighted by Gasteiger charge is 2.28. The van der Waals surface area contributed by atoms with Gasteiger partial charge in [0, 0.05) is 6.42 Å². The van der Waals surface area contributed by atoms with E-state index in [2.05, 4.69) is 19.2 Å². The van der Waals surface area contributed by atoms with Crippen LogP contribution in [0.25, 0.3) is 0 Å². The Morgan fingerprint density at radius 3 is 1.46 bits per heavy atom. The lowest BCUT2D eigenvalue weighted by molar-refractivity contribution is -0.870. The van der Waals surface area contributed by atoms with Crippen LogP contribution >= 0.6 is 7.82 Å². The van der Waals surface area contributed by atoms with Gasteiger partial charge in [-0.25, -0.2) is 4.57 Å². The van der Waals surface area contributed by atoms with Gasteiger partial charge < -0.3 is 19.8 Å². The summed E-state index contributed by atoms with van der Waals surface area (Å²) >= 11 is 0. The van der Waals surface area contributed by atoms with E-state index >= 15 is 0 Å². The second kappa shape index (κ2) is 30.6. The van der Waals surface area contributed by atoms with Gasteiger partial charge in [0.05, 0.1) is 39.9 Å². The summed E-state index contributed by atoms with van der Waals surface area (Å²) in [6.07, 6.45) is 29.7. The van der Waals surface area contributed by atoms with Gasteiger partial charge in [0.15, 0.2) is 0 Å². The van der Waals surface area contributed by atoms with E-state index < -0.39 is 20.0 Å². The molecule has 8 nitrogen and oxygen atoms in total. The second-order valence-electron chi connectivity index (χ2n) is 14.7. The summed E-state index contributed by atoms with van der Waals surface area (Å²) in [6, 6.07) is -0.750. The number of nitrogens with zero attached hydrogens (tertiary/aromatic N) is 1. The van der Waals surface area contributed by atoms with Crippen LogP contribution in [0.4, 0.5) is 0 Å². The number of aliphatic hydroxyl groups is 1. The molecule has 0 fully saturated rings. The van der Waals surface area contributed by atoms with Gasteiger partial charge in [-0.15, -0.1) is 0 Å². The molecule has 0 saturated heterocycles. The number of rotatable bonds is 35. The number of hydrogen-bond acceptors (Lipinski definition) is 5. The number of carbonyl (C=O) groups excluding carboxylic acids is 1. The fourth-order valence-electron chi connectivity index (χ4n) is 5.69. The summed E-state index contributed by atoms with van der Waals surface area (Å²) in [7, 11) is 1.62. The van der Waals surface area contributed by atoms with Crippen LogP contribution in [0.2, 0.25) is 0 Å². The topological polar surface area (TPSA) is 105 Å². The van der Waals surface area contributed by atoms with E-state index in [1.54, 1.807) is 0 Å². The number of nitrogens with one attached hydrogen (secondary N) is 1. The Kier molecular flexibility index (Phi) is 30.2. The van der Waals surface area contributed by atoms with Crippen LogP contribution in [-0.4, -0.2) is 73.4 Å². The van der Waals surface area contributed by atoms with Crippen molar-refractivity contribution in [2.24, 2.45) is 0 Å². The molecule has 0 radical (unpaired) electrons. The zero-order valence-corrected chi connectivity index (χ0v) is 32.0. The highest BCUT2D eigenvalue weighted by molar-refractivity contribution is 7.47. The van der Waals surface area contributed by atoms with Gasteiger partial charge in [0.25, 0.3) is 0 Å². The second-order valence-corrected chi connectivity index (χ2v) is 16.1. The molecule has 0 heterocycles. The van der Waals surface area contributed by atoms with Crippen LogP contribution in [0.1, 0.15) is 181 Å². The van der Waals surface area contributed by atoms with Crippen molar-refractivity contribution in [3.8, 4) is 0 Å². The summed E-state index contributed by atoms with van der Waals surface area (Å²) in [4.78, 5) is 23.0. The van der Waals surface area contributed by atoms with Crippen LogP contribution < -0.4 is 5.32 Å². The van der Waals surface area contributed by atoms with Gasteiger partial charge in [-0.2, -0.15) is 0 Å². The number of aliphatic hydroxyl groups excluding tert-OH is 1. The molecule has 0 bridgehead atoms. The molecule has 0 spiro atoms. The highest BCUT2D eigenvalue weighted by Crippen LogP contribution is 2.43. The number of hydrogen-bond donors (Lipinski definition) is 3. The molecule has 0 rings (SSSR count). The molecule has 3 N–H and O–H groups in total. The number of carbonyl (C=O) groups is 1.